The summed E-state index contributed by atoms with van der Waals surface area (Å²) in [5, 5.41) is 6.68. The van der Waals surface area contributed by atoms with Crippen molar-refractivity contribution in [1.82, 2.24) is 10.6 Å². The molecule has 2 aliphatic heterocycles. The molecule has 0 saturated carbocycles. The normalized spacial score (nSPS) is 19.3. The predicted octanol–water partition coefficient (Wildman–Crippen LogP) is 1.80. The van der Waals surface area contributed by atoms with Gasteiger partial charge in [-0.05, 0) is 31.5 Å². The van der Waals surface area contributed by atoms with Crippen LogP contribution in [0.4, 0.5) is 0 Å². The number of piperidine rings is 1. The van der Waals surface area contributed by atoms with Gasteiger partial charge in [-0.15, -0.1) is 0 Å². The number of nitrogens with one attached hydrogen (secondary N) is 2. The molecule has 3 rings (SSSR count). The van der Waals surface area contributed by atoms with Crippen LogP contribution in [-0.2, 0) is 0 Å². The van der Waals surface area contributed by atoms with E-state index in [4.69, 9.17) is 0 Å². The Hall–Kier alpha value is -1.61. The summed E-state index contributed by atoms with van der Waals surface area (Å²) in [6.45, 7) is 4.09. The lowest BCUT2D eigenvalue weighted by Crippen LogP contribution is -2.22. The van der Waals surface area contributed by atoms with Gasteiger partial charge in [0.2, 0.25) is 0 Å². The maximum absolute atomic E-state index is 4.43. The van der Waals surface area contributed by atoms with Crippen LogP contribution in [0.2, 0.25) is 0 Å². The topological polar surface area (TPSA) is 36.4 Å². The summed E-state index contributed by atoms with van der Waals surface area (Å²) in [5.74, 6) is 1.04. The second-order valence-corrected chi connectivity index (χ2v) is 4.83. The number of aliphatic imine (C=N–C) groups is 1. The van der Waals surface area contributed by atoms with Crippen LogP contribution in [0, 0.1) is 0 Å². The van der Waals surface area contributed by atoms with E-state index in [1.54, 1.807) is 5.57 Å². The third kappa shape index (κ3) is 2.62. The highest BCUT2D eigenvalue weighted by Crippen LogP contribution is 2.16. The lowest BCUT2D eigenvalue weighted by Gasteiger charge is -2.15. The first kappa shape index (κ1) is 11.5. The van der Waals surface area contributed by atoms with Crippen LogP contribution in [0.25, 0.3) is 6.08 Å². The minimum atomic E-state index is 0.897. The van der Waals surface area contributed by atoms with Crippen molar-refractivity contribution in [1.29, 1.82) is 0 Å². The zero-order chi connectivity index (χ0) is 12.2. The van der Waals surface area contributed by atoms with Crippen molar-refractivity contribution in [2.24, 2.45) is 4.99 Å². The molecule has 0 aliphatic carbocycles. The average Bonchev–Trinajstić information content (AvgIpc) is 2.95. The number of nitrogens with zero attached hydrogens (tertiary/aromatic N) is 1. The number of hydrogen-bond acceptors (Lipinski definition) is 3. The molecule has 0 spiro atoms. The Morgan fingerprint density at radius 2 is 1.78 bits per heavy atom. The van der Waals surface area contributed by atoms with Gasteiger partial charge < -0.3 is 10.6 Å². The molecule has 1 saturated heterocycles. The number of benzene rings is 1. The molecule has 1 fully saturated rings. The molecular formula is C15H19N3. The van der Waals surface area contributed by atoms with Gasteiger partial charge in [-0.25, -0.2) is 0 Å². The Kier molecular flexibility index (Phi) is 3.42. The van der Waals surface area contributed by atoms with Crippen molar-refractivity contribution in [3.63, 3.8) is 0 Å². The lowest BCUT2D eigenvalue weighted by atomic mass is 10.0. The smallest absolute Gasteiger partial charge is 0.128 e. The third-order valence-electron chi connectivity index (χ3n) is 3.47. The molecule has 1 aromatic rings. The van der Waals surface area contributed by atoms with Crippen LogP contribution in [-0.4, -0.2) is 32.0 Å². The van der Waals surface area contributed by atoms with E-state index < -0.39 is 0 Å². The zero-order valence-electron chi connectivity index (χ0n) is 10.6. The molecule has 2 aliphatic rings. The van der Waals surface area contributed by atoms with Crippen molar-refractivity contribution in [2.75, 3.05) is 26.2 Å². The fraction of sp³-hybridized carbons (Fsp3) is 0.400. The third-order valence-corrected chi connectivity index (χ3v) is 3.47. The Bertz CT molecular complexity index is 463. The summed E-state index contributed by atoms with van der Waals surface area (Å²) < 4.78 is 0. The SMILES string of the molecule is C(=C1CCNCC1)c1ccc(C2=NCCN2)cc1. The van der Waals surface area contributed by atoms with Crippen LogP contribution in [0.1, 0.15) is 24.0 Å². The number of amidine groups is 1. The quantitative estimate of drug-likeness (QED) is 0.828. The standard InChI is InChI=1S/C15H19N3/c1-3-14(15-17-9-10-18-15)4-2-12(1)11-13-5-7-16-8-6-13/h1-4,11,16H,5-10H2,(H,17,18). The van der Waals surface area contributed by atoms with Gasteiger partial charge in [0.15, 0.2) is 0 Å². The molecule has 0 aromatic heterocycles. The first-order chi connectivity index (χ1) is 8.92. The largest absolute Gasteiger partial charge is 0.368 e. The molecule has 2 heterocycles. The van der Waals surface area contributed by atoms with Gasteiger partial charge in [0, 0.05) is 12.1 Å². The molecular weight excluding hydrogens is 222 g/mol. The molecule has 3 heteroatoms. The fourth-order valence-corrected chi connectivity index (χ4v) is 2.46. The van der Waals surface area contributed by atoms with E-state index in [2.05, 4.69) is 46.0 Å². The van der Waals surface area contributed by atoms with Crippen molar-refractivity contribution < 1.29 is 0 Å². The van der Waals surface area contributed by atoms with Gasteiger partial charge in [-0.3, -0.25) is 4.99 Å². The molecule has 0 bridgehead atoms. The highest BCUT2D eigenvalue weighted by molar-refractivity contribution is 5.99. The van der Waals surface area contributed by atoms with Gasteiger partial charge in [0.1, 0.15) is 5.84 Å². The van der Waals surface area contributed by atoms with Crippen LogP contribution in [0.5, 0.6) is 0 Å². The van der Waals surface area contributed by atoms with Crippen molar-refractivity contribution >= 4 is 11.9 Å². The van der Waals surface area contributed by atoms with E-state index in [0.717, 1.165) is 32.0 Å². The molecule has 0 atom stereocenters. The lowest BCUT2D eigenvalue weighted by molar-refractivity contribution is 0.613. The molecule has 0 unspecified atom stereocenters. The minimum Gasteiger partial charge on any atom is -0.368 e. The fourth-order valence-electron chi connectivity index (χ4n) is 2.46. The summed E-state index contributed by atoms with van der Waals surface area (Å²) in [4.78, 5) is 4.43. The summed E-state index contributed by atoms with van der Waals surface area (Å²) in [7, 11) is 0. The predicted molar refractivity (Wildman–Crippen MR) is 75.9 cm³/mol. The van der Waals surface area contributed by atoms with Crippen LogP contribution in [0.3, 0.4) is 0 Å². The highest BCUT2D eigenvalue weighted by atomic mass is 15.1. The highest BCUT2D eigenvalue weighted by Gasteiger charge is 2.07. The van der Waals surface area contributed by atoms with E-state index in [9.17, 15) is 0 Å². The van der Waals surface area contributed by atoms with Crippen molar-refractivity contribution in [3.05, 3.63) is 41.0 Å². The average molecular weight is 241 g/mol. The van der Waals surface area contributed by atoms with Crippen LogP contribution >= 0.6 is 0 Å². The minimum absolute atomic E-state index is 0.897. The van der Waals surface area contributed by atoms with Gasteiger partial charge >= 0.3 is 0 Å². The van der Waals surface area contributed by atoms with E-state index in [1.807, 2.05) is 0 Å². The second kappa shape index (κ2) is 5.36. The zero-order valence-corrected chi connectivity index (χ0v) is 10.6. The van der Waals surface area contributed by atoms with Crippen LogP contribution < -0.4 is 10.6 Å². The number of hydrogen-bond donors (Lipinski definition) is 2. The monoisotopic (exact) mass is 241 g/mol. The van der Waals surface area contributed by atoms with Crippen molar-refractivity contribution in [2.45, 2.75) is 12.8 Å². The molecule has 0 amide bonds. The maximum atomic E-state index is 4.43. The summed E-state index contributed by atoms with van der Waals surface area (Å²) >= 11 is 0. The molecule has 2 N–H and O–H groups in total. The first-order valence-electron chi connectivity index (χ1n) is 6.71. The Balaban J connectivity index is 1.74. The first-order valence-corrected chi connectivity index (χ1v) is 6.71. The summed E-state index contributed by atoms with van der Waals surface area (Å²) in [6, 6.07) is 8.69. The van der Waals surface area contributed by atoms with E-state index in [0.29, 0.717) is 0 Å². The van der Waals surface area contributed by atoms with E-state index >= 15 is 0 Å². The van der Waals surface area contributed by atoms with Gasteiger partial charge in [-0.2, -0.15) is 0 Å². The van der Waals surface area contributed by atoms with Crippen molar-refractivity contribution in [3.8, 4) is 0 Å². The van der Waals surface area contributed by atoms with E-state index in [-0.39, 0.29) is 0 Å². The maximum Gasteiger partial charge on any atom is 0.128 e. The van der Waals surface area contributed by atoms with Gasteiger partial charge in [0.25, 0.3) is 0 Å². The molecule has 1 aromatic carbocycles. The Labute approximate surface area is 108 Å². The molecule has 18 heavy (non-hydrogen) atoms. The van der Waals surface area contributed by atoms with Gasteiger partial charge in [-0.1, -0.05) is 35.9 Å². The van der Waals surface area contributed by atoms with E-state index in [1.165, 1.54) is 24.0 Å². The Morgan fingerprint density at radius 3 is 2.44 bits per heavy atom. The Morgan fingerprint density at radius 1 is 1.00 bits per heavy atom. The summed E-state index contributed by atoms with van der Waals surface area (Å²) in [6.07, 6.45) is 4.68. The summed E-state index contributed by atoms with van der Waals surface area (Å²) in [5.41, 5.74) is 4.05. The van der Waals surface area contributed by atoms with Gasteiger partial charge in [0.05, 0.1) is 6.54 Å². The molecule has 3 nitrogen and oxygen atoms in total. The molecule has 0 radical (unpaired) electrons. The second-order valence-electron chi connectivity index (χ2n) is 4.83. The molecule has 94 valence electrons. The number of rotatable bonds is 2. The van der Waals surface area contributed by atoms with Crippen LogP contribution in [0.15, 0.2) is 34.8 Å².